The van der Waals surface area contributed by atoms with Gasteiger partial charge in [-0.2, -0.15) is 4.98 Å². The van der Waals surface area contributed by atoms with Crippen LogP contribution in [0, 0.1) is 12.8 Å². The molecule has 0 saturated carbocycles. The summed E-state index contributed by atoms with van der Waals surface area (Å²) in [5.41, 5.74) is -0.291. The van der Waals surface area contributed by atoms with Crippen LogP contribution in [0.15, 0.2) is 4.52 Å². The summed E-state index contributed by atoms with van der Waals surface area (Å²) >= 11 is 0. The summed E-state index contributed by atoms with van der Waals surface area (Å²) in [7, 11) is 0. The summed E-state index contributed by atoms with van der Waals surface area (Å²) in [5.74, 6) is 1.69. The molecule has 1 aromatic rings. The molecule has 1 amide bonds. The predicted molar refractivity (Wildman–Crippen MR) is 74.6 cm³/mol. The summed E-state index contributed by atoms with van der Waals surface area (Å²) in [6.07, 6.45) is 0.977. The highest BCUT2D eigenvalue weighted by molar-refractivity contribution is 5.74. The van der Waals surface area contributed by atoms with E-state index in [1.165, 1.54) is 0 Å². The van der Waals surface area contributed by atoms with Crippen LogP contribution in [0.2, 0.25) is 0 Å². The number of nitrogens with zero attached hydrogens (tertiary/aromatic N) is 4. The minimum absolute atomic E-state index is 0.0914. The zero-order chi connectivity index (χ0) is 15.0. The fourth-order valence-corrected chi connectivity index (χ4v) is 3.72. The normalized spacial score (nSPS) is 29.7. The average Bonchev–Trinajstić information content (AvgIpc) is 3.03. The molecule has 1 N–H and O–H groups in total. The van der Waals surface area contributed by atoms with Crippen molar-refractivity contribution in [1.82, 2.24) is 19.9 Å². The number of aryl methyl sites for hydroxylation is 1. The van der Waals surface area contributed by atoms with Gasteiger partial charge in [0.05, 0.1) is 12.0 Å². The Bertz CT molecular complexity index is 532. The van der Waals surface area contributed by atoms with Crippen LogP contribution in [0.3, 0.4) is 0 Å². The summed E-state index contributed by atoms with van der Waals surface area (Å²) < 4.78 is 5.47. The lowest BCUT2D eigenvalue weighted by molar-refractivity contribution is -0.128. The number of aliphatic hydroxyl groups is 1. The predicted octanol–water partition coefficient (Wildman–Crippen LogP) is -0.208. The highest BCUT2D eigenvalue weighted by atomic mass is 16.5. The lowest BCUT2D eigenvalue weighted by Crippen LogP contribution is -2.52. The van der Waals surface area contributed by atoms with E-state index in [-0.39, 0.29) is 17.9 Å². The molecule has 21 heavy (non-hydrogen) atoms. The number of rotatable bonds is 3. The molecular formula is C14H22N4O3. The van der Waals surface area contributed by atoms with Crippen molar-refractivity contribution in [2.24, 2.45) is 5.92 Å². The van der Waals surface area contributed by atoms with Gasteiger partial charge in [-0.15, -0.1) is 0 Å². The lowest BCUT2D eigenvalue weighted by atomic mass is 9.73. The molecule has 3 heterocycles. The number of hydrogen-bond acceptors (Lipinski definition) is 6. The molecule has 0 aromatic carbocycles. The number of fused-ring (bicyclic) bond motifs is 1. The van der Waals surface area contributed by atoms with Crippen LogP contribution in [0.25, 0.3) is 0 Å². The Morgan fingerprint density at radius 1 is 1.52 bits per heavy atom. The van der Waals surface area contributed by atoms with Gasteiger partial charge in [0.2, 0.25) is 11.8 Å². The molecule has 7 nitrogen and oxygen atoms in total. The van der Waals surface area contributed by atoms with Gasteiger partial charge >= 0.3 is 0 Å². The molecule has 2 fully saturated rings. The van der Waals surface area contributed by atoms with Crippen molar-refractivity contribution < 1.29 is 14.4 Å². The Morgan fingerprint density at radius 2 is 2.33 bits per heavy atom. The quantitative estimate of drug-likeness (QED) is 0.831. The number of likely N-dealkylation sites (tertiary alicyclic amines) is 2. The van der Waals surface area contributed by atoms with Gasteiger partial charge < -0.3 is 14.5 Å². The Morgan fingerprint density at radius 3 is 2.95 bits per heavy atom. The Labute approximate surface area is 123 Å². The maximum absolute atomic E-state index is 11.8. The number of carbonyl (C=O) groups is 1. The van der Waals surface area contributed by atoms with E-state index in [4.69, 9.17) is 4.52 Å². The molecule has 2 aliphatic rings. The first-order chi connectivity index (χ1) is 10.0. The van der Waals surface area contributed by atoms with Gasteiger partial charge in [0, 0.05) is 33.1 Å². The second-order valence-electron chi connectivity index (χ2n) is 6.19. The number of aromatic nitrogens is 2. The topological polar surface area (TPSA) is 82.7 Å². The van der Waals surface area contributed by atoms with Crippen LogP contribution in [-0.2, 0) is 10.2 Å². The monoisotopic (exact) mass is 294 g/mol. The molecule has 0 spiro atoms. The maximum atomic E-state index is 11.8. The molecule has 2 saturated heterocycles. The van der Waals surface area contributed by atoms with Crippen LogP contribution in [-0.4, -0.2) is 70.3 Å². The zero-order valence-corrected chi connectivity index (χ0v) is 12.6. The number of piperidine rings is 1. The third-order valence-electron chi connectivity index (χ3n) is 4.81. The SMILES string of the molecule is CC(=O)N1C[C@@H]2CCN(CCO)C[C@]2(c2nc(C)no2)C1. The molecule has 0 unspecified atom stereocenters. The summed E-state index contributed by atoms with van der Waals surface area (Å²) in [4.78, 5) is 20.3. The highest BCUT2D eigenvalue weighted by Crippen LogP contribution is 2.43. The van der Waals surface area contributed by atoms with E-state index < -0.39 is 0 Å². The van der Waals surface area contributed by atoms with Crippen molar-refractivity contribution in [3.63, 3.8) is 0 Å². The first-order valence-corrected chi connectivity index (χ1v) is 7.44. The summed E-state index contributed by atoms with van der Waals surface area (Å²) in [6.45, 7) is 7.26. The van der Waals surface area contributed by atoms with E-state index >= 15 is 0 Å². The van der Waals surface area contributed by atoms with E-state index in [1.807, 2.05) is 11.8 Å². The molecule has 2 atom stereocenters. The van der Waals surface area contributed by atoms with Crippen LogP contribution >= 0.6 is 0 Å². The van der Waals surface area contributed by atoms with Gasteiger partial charge in [-0.05, 0) is 25.8 Å². The molecule has 0 bridgehead atoms. The number of carbonyl (C=O) groups excluding carboxylic acids is 1. The molecular weight excluding hydrogens is 272 g/mol. The lowest BCUT2D eigenvalue weighted by Gasteiger charge is -2.41. The maximum Gasteiger partial charge on any atom is 0.236 e. The van der Waals surface area contributed by atoms with Crippen LogP contribution in [0.5, 0.6) is 0 Å². The molecule has 3 rings (SSSR count). The van der Waals surface area contributed by atoms with Crippen molar-refractivity contribution >= 4 is 5.91 Å². The largest absolute Gasteiger partial charge is 0.395 e. The molecule has 116 valence electrons. The number of β-amino-alcohol motifs (C(OH)–C–C–N with tert-alkyl or cyclic N) is 1. The third kappa shape index (κ3) is 2.44. The minimum Gasteiger partial charge on any atom is -0.395 e. The summed E-state index contributed by atoms with van der Waals surface area (Å²) in [6, 6.07) is 0. The Kier molecular flexibility index (Phi) is 3.71. The fraction of sp³-hybridized carbons (Fsp3) is 0.786. The number of aliphatic hydroxyl groups excluding tert-OH is 1. The van der Waals surface area contributed by atoms with Crippen LogP contribution in [0.4, 0.5) is 0 Å². The average molecular weight is 294 g/mol. The molecule has 7 heteroatoms. The van der Waals surface area contributed by atoms with Crippen molar-refractivity contribution in [2.75, 3.05) is 39.3 Å². The number of amides is 1. The van der Waals surface area contributed by atoms with E-state index in [9.17, 15) is 9.90 Å². The van der Waals surface area contributed by atoms with Crippen LogP contribution in [0.1, 0.15) is 25.1 Å². The second-order valence-corrected chi connectivity index (χ2v) is 6.19. The third-order valence-corrected chi connectivity index (χ3v) is 4.81. The zero-order valence-electron chi connectivity index (χ0n) is 12.6. The van der Waals surface area contributed by atoms with Gasteiger partial charge in [0.25, 0.3) is 0 Å². The van der Waals surface area contributed by atoms with E-state index in [0.717, 1.165) is 26.1 Å². The molecule has 0 radical (unpaired) electrons. The first-order valence-electron chi connectivity index (χ1n) is 7.44. The molecule has 0 aliphatic carbocycles. The first kappa shape index (κ1) is 14.5. The van der Waals surface area contributed by atoms with Crippen molar-refractivity contribution in [2.45, 2.75) is 25.7 Å². The second kappa shape index (κ2) is 5.38. The van der Waals surface area contributed by atoms with Gasteiger partial charge in [-0.1, -0.05) is 5.16 Å². The smallest absolute Gasteiger partial charge is 0.236 e. The van der Waals surface area contributed by atoms with Gasteiger partial charge in [0.1, 0.15) is 0 Å². The van der Waals surface area contributed by atoms with Crippen molar-refractivity contribution in [1.29, 1.82) is 0 Å². The fourth-order valence-electron chi connectivity index (χ4n) is 3.72. The Hall–Kier alpha value is -1.47. The molecule has 1 aromatic heterocycles. The van der Waals surface area contributed by atoms with E-state index in [2.05, 4.69) is 15.0 Å². The summed E-state index contributed by atoms with van der Waals surface area (Å²) in [5, 5.41) is 13.1. The van der Waals surface area contributed by atoms with Crippen molar-refractivity contribution in [3.05, 3.63) is 11.7 Å². The molecule has 2 aliphatic heterocycles. The van der Waals surface area contributed by atoms with Crippen LogP contribution < -0.4 is 0 Å². The van der Waals surface area contributed by atoms with E-state index in [1.54, 1.807) is 6.92 Å². The number of hydrogen-bond donors (Lipinski definition) is 1. The minimum atomic E-state index is -0.291. The van der Waals surface area contributed by atoms with Crippen molar-refractivity contribution in [3.8, 4) is 0 Å². The standard InChI is InChI=1S/C14H22N4O3/c1-10-15-13(21-16-10)14-8-17(5-6-19)4-3-12(14)7-18(9-14)11(2)20/h12,19H,3-9H2,1-2H3/t12-,14-/m0/s1. The Balaban J connectivity index is 1.94. The van der Waals surface area contributed by atoms with Gasteiger partial charge in [-0.25, -0.2) is 0 Å². The van der Waals surface area contributed by atoms with Gasteiger partial charge in [-0.3, -0.25) is 9.69 Å². The van der Waals surface area contributed by atoms with E-state index in [0.29, 0.717) is 30.7 Å². The highest BCUT2D eigenvalue weighted by Gasteiger charge is 2.54. The van der Waals surface area contributed by atoms with Gasteiger partial charge in [0.15, 0.2) is 5.82 Å².